The van der Waals surface area contributed by atoms with Crippen molar-refractivity contribution in [2.45, 2.75) is 46.1 Å². The predicted molar refractivity (Wildman–Crippen MR) is 127 cm³/mol. The monoisotopic (exact) mass is 515 g/mol. The second-order valence-electron chi connectivity index (χ2n) is 7.43. The molecular weight excluding hydrogens is 481 g/mol. The Kier molecular flexibility index (Phi) is 9.96. The molecule has 0 spiro atoms. The quantitative estimate of drug-likeness (QED) is 0.272. The number of hydrogen-bond donors (Lipinski definition) is 1. The summed E-state index contributed by atoms with van der Waals surface area (Å²) in [6, 6.07) is 4.21. The Morgan fingerprint density at radius 3 is 2.69 bits per heavy atom. The van der Waals surface area contributed by atoms with Gasteiger partial charge in [0.25, 0.3) is 0 Å². The molecule has 0 saturated carbocycles. The maximum atomic E-state index is 12.1. The summed E-state index contributed by atoms with van der Waals surface area (Å²) in [5.41, 5.74) is 1.09. The van der Waals surface area contributed by atoms with Gasteiger partial charge in [0.15, 0.2) is 5.96 Å². The summed E-state index contributed by atoms with van der Waals surface area (Å²) >= 11 is 0. The van der Waals surface area contributed by atoms with Crippen molar-refractivity contribution in [3.05, 3.63) is 23.9 Å². The molecule has 0 amide bonds. The highest BCUT2D eigenvalue weighted by Gasteiger charge is 2.28. The third-order valence-electron chi connectivity index (χ3n) is 5.33. The van der Waals surface area contributed by atoms with Gasteiger partial charge in [-0.1, -0.05) is 6.07 Å². The molecule has 1 atom stereocenters. The number of carbonyl (C=O) groups excluding carboxylic acids is 1. The molecule has 1 unspecified atom stereocenters. The van der Waals surface area contributed by atoms with Crippen LogP contribution >= 0.6 is 24.0 Å². The van der Waals surface area contributed by atoms with Crippen LogP contribution in [0.4, 0.5) is 5.82 Å². The van der Waals surface area contributed by atoms with Crippen molar-refractivity contribution in [3.63, 3.8) is 0 Å². The maximum Gasteiger partial charge on any atom is 0.310 e. The molecule has 0 aliphatic carbocycles. The number of ether oxygens (including phenoxy) is 1. The molecule has 8 heteroatoms. The van der Waals surface area contributed by atoms with E-state index in [0.29, 0.717) is 19.7 Å². The van der Waals surface area contributed by atoms with Gasteiger partial charge in [-0.05, 0) is 51.2 Å². The number of hydrogen-bond acceptors (Lipinski definition) is 5. The number of likely N-dealkylation sites (tertiary alicyclic amines) is 1. The summed E-state index contributed by atoms with van der Waals surface area (Å²) in [4.78, 5) is 26.1. The van der Waals surface area contributed by atoms with Gasteiger partial charge in [-0.15, -0.1) is 24.0 Å². The highest BCUT2D eigenvalue weighted by atomic mass is 127. The van der Waals surface area contributed by atoms with Gasteiger partial charge in [0, 0.05) is 38.9 Å². The summed E-state index contributed by atoms with van der Waals surface area (Å²) in [7, 11) is 0. The van der Waals surface area contributed by atoms with Crippen LogP contribution in [0.2, 0.25) is 0 Å². The van der Waals surface area contributed by atoms with Crippen LogP contribution in [0.5, 0.6) is 0 Å². The number of rotatable bonds is 6. The third kappa shape index (κ3) is 6.72. The van der Waals surface area contributed by atoms with Crippen LogP contribution in [-0.2, 0) is 16.1 Å². The summed E-state index contributed by atoms with van der Waals surface area (Å²) in [5, 5.41) is 3.37. The zero-order valence-electron chi connectivity index (χ0n) is 17.6. The van der Waals surface area contributed by atoms with Gasteiger partial charge in [-0.25, -0.2) is 9.98 Å². The average molecular weight is 515 g/mol. The summed E-state index contributed by atoms with van der Waals surface area (Å²) < 4.78 is 5.21. The van der Waals surface area contributed by atoms with Crippen LogP contribution < -0.4 is 10.2 Å². The average Bonchev–Trinajstić information content (AvgIpc) is 3.27. The number of aromatic nitrogens is 1. The lowest BCUT2D eigenvalue weighted by Crippen LogP contribution is -2.48. The van der Waals surface area contributed by atoms with Gasteiger partial charge in [-0.2, -0.15) is 0 Å². The molecule has 2 aliphatic rings. The number of anilines is 1. The maximum absolute atomic E-state index is 12.1. The molecule has 162 valence electrons. The zero-order valence-corrected chi connectivity index (χ0v) is 19.9. The number of guanidine groups is 1. The molecular formula is C21H34IN5O2. The van der Waals surface area contributed by atoms with Gasteiger partial charge < -0.3 is 19.9 Å². The van der Waals surface area contributed by atoms with Crippen molar-refractivity contribution in [2.24, 2.45) is 10.9 Å². The zero-order chi connectivity index (χ0) is 19.8. The second-order valence-corrected chi connectivity index (χ2v) is 7.43. The van der Waals surface area contributed by atoms with E-state index in [1.165, 1.54) is 12.8 Å². The molecule has 2 fully saturated rings. The molecule has 1 aromatic heterocycles. The highest BCUT2D eigenvalue weighted by Crippen LogP contribution is 2.19. The van der Waals surface area contributed by atoms with Crippen LogP contribution in [-0.4, -0.2) is 61.1 Å². The third-order valence-corrected chi connectivity index (χ3v) is 5.33. The molecule has 0 radical (unpaired) electrons. The van der Waals surface area contributed by atoms with Crippen molar-refractivity contribution in [1.29, 1.82) is 0 Å². The normalized spacial score (nSPS) is 19.7. The molecule has 2 saturated heterocycles. The van der Waals surface area contributed by atoms with Gasteiger partial charge in [0.1, 0.15) is 5.82 Å². The van der Waals surface area contributed by atoms with Gasteiger partial charge in [-0.3, -0.25) is 4.79 Å². The fourth-order valence-corrected chi connectivity index (χ4v) is 3.86. The van der Waals surface area contributed by atoms with Gasteiger partial charge in [0.2, 0.25) is 0 Å². The molecule has 7 nitrogen and oxygen atoms in total. The minimum absolute atomic E-state index is 0. The number of pyridine rings is 1. The van der Waals surface area contributed by atoms with E-state index in [4.69, 9.17) is 9.73 Å². The molecule has 3 heterocycles. The van der Waals surface area contributed by atoms with E-state index < -0.39 is 0 Å². The van der Waals surface area contributed by atoms with Crippen LogP contribution in [0, 0.1) is 5.92 Å². The smallest absolute Gasteiger partial charge is 0.310 e. The Morgan fingerprint density at radius 1 is 1.24 bits per heavy atom. The molecule has 1 N–H and O–H groups in total. The summed E-state index contributed by atoms with van der Waals surface area (Å²) in [5.74, 6) is 1.76. The van der Waals surface area contributed by atoms with Gasteiger partial charge in [0.05, 0.1) is 19.1 Å². The van der Waals surface area contributed by atoms with E-state index in [9.17, 15) is 4.79 Å². The lowest BCUT2D eigenvalue weighted by molar-refractivity contribution is -0.149. The van der Waals surface area contributed by atoms with Crippen LogP contribution in [0.1, 0.15) is 45.1 Å². The number of carbonyl (C=O) groups is 1. The van der Waals surface area contributed by atoms with E-state index >= 15 is 0 Å². The number of aliphatic imine (C=N–C) groups is 1. The number of nitrogens with one attached hydrogen (secondary N) is 1. The first-order valence-electron chi connectivity index (χ1n) is 10.6. The largest absolute Gasteiger partial charge is 0.466 e. The fraction of sp³-hybridized carbons (Fsp3) is 0.667. The number of esters is 1. The Balaban J connectivity index is 0.00000300. The van der Waals surface area contributed by atoms with E-state index in [1.54, 1.807) is 0 Å². The molecule has 3 rings (SSSR count). The Bertz CT molecular complexity index is 662. The van der Waals surface area contributed by atoms with E-state index in [1.807, 2.05) is 13.1 Å². The number of piperidine rings is 1. The van der Waals surface area contributed by atoms with Crippen LogP contribution in [0.25, 0.3) is 0 Å². The molecule has 0 aromatic carbocycles. The van der Waals surface area contributed by atoms with E-state index in [2.05, 4.69) is 39.2 Å². The minimum Gasteiger partial charge on any atom is -0.466 e. The highest BCUT2D eigenvalue weighted by molar-refractivity contribution is 14.0. The van der Waals surface area contributed by atoms with Crippen molar-refractivity contribution in [1.82, 2.24) is 15.2 Å². The lowest BCUT2D eigenvalue weighted by atomic mass is 9.98. The van der Waals surface area contributed by atoms with E-state index in [0.717, 1.165) is 56.4 Å². The number of nitrogens with zero attached hydrogens (tertiary/aromatic N) is 4. The molecule has 1 aromatic rings. The van der Waals surface area contributed by atoms with Crippen molar-refractivity contribution < 1.29 is 9.53 Å². The van der Waals surface area contributed by atoms with E-state index in [-0.39, 0.29) is 35.9 Å². The molecule has 0 bridgehead atoms. The first-order valence-corrected chi connectivity index (χ1v) is 10.6. The Labute approximate surface area is 191 Å². The second kappa shape index (κ2) is 12.2. The molecule has 2 aliphatic heterocycles. The Hall–Kier alpha value is -1.58. The van der Waals surface area contributed by atoms with Crippen molar-refractivity contribution in [2.75, 3.05) is 44.2 Å². The number of halogens is 1. The van der Waals surface area contributed by atoms with Crippen molar-refractivity contribution in [3.8, 4) is 0 Å². The fourth-order valence-electron chi connectivity index (χ4n) is 3.86. The molecule has 29 heavy (non-hydrogen) atoms. The summed E-state index contributed by atoms with van der Waals surface area (Å²) in [6.45, 7) is 9.51. The van der Waals surface area contributed by atoms with Crippen molar-refractivity contribution >= 4 is 41.7 Å². The summed E-state index contributed by atoms with van der Waals surface area (Å²) in [6.07, 6.45) is 6.29. The lowest BCUT2D eigenvalue weighted by Gasteiger charge is -2.34. The predicted octanol–water partition coefficient (Wildman–Crippen LogP) is 3.04. The minimum atomic E-state index is -0.0928. The first kappa shape index (κ1) is 23.7. The SMILES string of the molecule is CCNC(=NCc1ccc(N2CCCC2)nc1)N1CCCC(C(=O)OCC)C1.I. The van der Waals surface area contributed by atoms with Gasteiger partial charge >= 0.3 is 5.97 Å². The van der Waals surface area contributed by atoms with Crippen LogP contribution in [0.15, 0.2) is 23.3 Å². The topological polar surface area (TPSA) is 70.1 Å². The first-order chi connectivity index (χ1) is 13.7. The van der Waals surface area contributed by atoms with Crippen LogP contribution in [0.3, 0.4) is 0 Å². The standard InChI is InChI=1S/C21H33N5O2.HI/c1-3-22-21(26-13-7-8-18(16-26)20(27)28-4-2)24-15-17-9-10-19(23-14-17)25-11-5-6-12-25;/h9-10,14,18H,3-8,11-13,15-16H2,1-2H3,(H,22,24);1H. The Morgan fingerprint density at radius 2 is 2.03 bits per heavy atom.